The molecule has 0 saturated carbocycles. The average molecular weight is 209 g/mol. The Labute approximate surface area is 80.5 Å². The number of rotatable bonds is 6. The summed E-state index contributed by atoms with van der Waals surface area (Å²) in [7, 11) is 0. The number of carbonyl (C=O) groups excluding carboxylic acids is 1. The smallest absolute Gasteiger partial charge is 0.303 e. The lowest BCUT2D eigenvalue weighted by atomic mass is 10.3. The standard InChI is InChI=1S/C8H13F2NO3/c1-2-11(5-6(9)10)7(12)3-4-8(13)14/h6H,2-5H2,1H3,(H,13,14). The molecule has 14 heavy (non-hydrogen) atoms. The van der Waals surface area contributed by atoms with E-state index in [9.17, 15) is 18.4 Å². The van der Waals surface area contributed by atoms with E-state index < -0.39 is 24.8 Å². The summed E-state index contributed by atoms with van der Waals surface area (Å²) in [4.78, 5) is 22.2. The van der Waals surface area contributed by atoms with Gasteiger partial charge in [-0.2, -0.15) is 0 Å². The summed E-state index contributed by atoms with van der Waals surface area (Å²) in [6.07, 6.45) is -3.13. The van der Waals surface area contributed by atoms with Crippen molar-refractivity contribution in [3.05, 3.63) is 0 Å². The third kappa shape index (κ3) is 5.45. The predicted molar refractivity (Wildman–Crippen MR) is 45.1 cm³/mol. The first-order chi connectivity index (χ1) is 6.47. The SMILES string of the molecule is CCN(CC(F)F)C(=O)CCC(=O)O. The third-order valence-corrected chi connectivity index (χ3v) is 1.65. The number of amides is 1. The topological polar surface area (TPSA) is 57.6 Å². The van der Waals surface area contributed by atoms with Crippen LogP contribution in [0.25, 0.3) is 0 Å². The number of carbonyl (C=O) groups is 2. The summed E-state index contributed by atoms with van der Waals surface area (Å²) in [6.45, 7) is 1.11. The van der Waals surface area contributed by atoms with Crippen molar-refractivity contribution in [2.24, 2.45) is 0 Å². The van der Waals surface area contributed by atoms with Crippen molar-refractivity contribution in [2.45, 2.75) is 26.2 Å². The first-order valence-corrected chi connectivity index (χ1v) is 4.25. The van der Waals surface area contributed by atoms with Crippen molar-refractivity contribution in [3.63, 3.8) is 0 Å². The van der Waals surface area contributed by atoms with Crippen LogP contribution < -0.4 is 0 Å². The molecule has 82 valence electrons. The number of nitrogens with zero attached hydrogens (tertiary/aromatic N) is 1. The summed E-state index contributed by atoms with van der Waals surface area (Å²) < 4.78 is 23.8. The largest absolute Gasteiger partial charge is 0.481 e. The molecule has 0 saturated heterocycles. The zero-order chi connectivity index (χ0) is 11.1. The molecule has 0 aromatic carbocycles. The number of alkyl halides is 2. The highest BCUT2D eigenvalue weighted by Gasteiger charge is 2.16. The molecule has 6 heteroatoms. The first-order valence-electron chi connectivity index (χ1n) is 4.25. The van der Waals surface area contributed by atoms with Gasteiger partial charge in [0.15, 0.2) is 0 Å². The minimum absolute atomic E-state index is 0.169. The Morgan fingerprint density at radius 1 is 1.36 bits per heavy atom. The van der Waals surface area contributed by atoms with E-state index >= 15 is 0 Å². The molecular formula is C8H13F2NO3. The van der Waals surface area contributed by atoms with Crippen LogP contribution in [-0.4, -0.2) is 41.4 Å². The molecule has 0 aliphatic heterocycles. The molecule has 4 nitrogen and oxygen atoms in total. The Balaban J connectivity index is 3.97. The van der Waals surface area contributed by atoms with Gasteiger partial charge in [-0.25, -0.2) is 8.78 Å². The van der Waals surface area contributed by atoms with Crippen molar-refractivity contribution in [3.8, 4) is 0 Å². The molecule has 0 aliphatic rings. The van der Waals surface area contributed by atoms with Gasteiger partial charge in [0.1, 0.15) is 0 Å². The lowest BCUT2D eigenvalue weighted by Crippen LogP contribution is -2.35. The molecular weight excluding hydrogens is 196 g/mol. The Hall–Kier alpha value is -1.20. The fourth-order valence-electron chi connectivity index (χ4n) is 0.946. The van der Waals surface area contributed by atoms with Crippen molar-refractivity contribution < 1.29 is 23.5 Å². The Morgan fingerprint density at radius 2 is 1.93 bits per heavy atom. The molecule has 0 unspecified atom stereocenters. The number of hydrogen-bond donors (Lipinski definition) is 1. The zero-order valence-electron chi connectivity index (χ0n) is 7.87. The Kier molecular flexibility index (Phi) is 5.74. The highest BCUT2D eigenvalue weighted by Crippen LogP contribution is 2.02. The van der Waals surface area contributed by atoms with Gasteiger partial charge in [-0.1, -0.05) is 0 Å². The maximum Gasteiger partial charge on any atom is 0.303 e. The van der Waals surface area contributed by atoms with Crippen LogP contribution in [-0.2, 0) is 9.59 Å². The lowest BCUT2D eigenvalue weighted by Gasteiger charge is -2.19. The molecule has 0 spiro atoms. The van der Waals surface area contributed by atoms with Gasteiger partial charge in [-0.3, -0.25) is 9.59 Å². The van der Waals surface area contributed by atoms with Crippen molar-refractivity contribution in [2.75, 3.05) is 13.1 Å². The molecule has 0 heterocycles. The molecule has 1 N–H and O–H groups in total. The molecule has 0 aliphatic carbocycles. The fourth-order valence-corrected chi connectivity index (χ4v) is 0.946. The molecule has 0 bridgehead atoms. The number of carboxylic acid groups (broad SMARTS) is 1. The van der Waals surface area contributed by atoms with Crippen LogP contribution in [0.4, 0.5) is 8.78 Å². The molecule has 0 atom stereocenters. The fraction of sp³-hybridized carbons (Fsp3) is 0.750. The molecule has 0 fully saturated rings. The van der Waals surface area contributed by atoms with Crippen molar-refractivity contribution in [1.82, 2.24) is 4.90 Å². The normalized spacial score (nSPS) is 10.3. The zero-order valence-corrected chi connectivity index (χ0v) is 7.87. The number of halogens is 2. The van der Waals surface area contributed by atoms with Crippen LogP contribution in [0, 0.1) is 0 Å². The third-order valence-electron chi connectivity index (χ3n) is 1.65. The van der Waals surface area contributed by atoms with Gasteiger partial charge < -0.3 is 10.0 Å². The van der Waals surface area contributed by atoms with Crippen molar-refractivity contribution in [1.29, 1.82) is 0 Å². The van der Waals surface area contributed by atoms with Crippen LogP contribution in [0.3, 0.4) is 0 Å². The van der Waals surface area contributed by atoms with E-state index in [1.807, 2.05) is 0 Å². The van der Waals surface area contributed by atoms with Crippen molar-refractivity contribution >= 4 is 11.9 Å². The monoisotopic (exact) mass is 209 g/mol. The van der Waals surface area contributed by atoms with Crippen LogP contribution >= 0.6 is 0 Å². The van der Waals surface area contributed by atoms with E-state index in [1.165, 1.54) is 0 Å². The van der Waals surface area contributed by atoms with Gasteiger partial charge in [-0.15, -0.1) is 0 Å². The minimum atomic E-state index is -2.58. The second-order valence-corrected chi connectivity index (χ2v) is 2.72. The highest BCUT2D eigenvalue weighted by atomic mass is 19.3. The number of aliphatic carboxylic acids is 1. The van der Waals surface area contributed by atoms with Crippen LogP contribution in [0.1, 0.15) is 19.8 Å². The Bertz CT molecular complexity index is 209. The van der Waals surface area contributed by atoms with Gasteiger partial charge in [-0.05, 0) is 6.92 Å². The quantitative estimate of drug-likeness (QED) is 0.709. The maximum absolute atomic E-state index is 11.9. The second kappa shape index (κ2) is 6.28. The minimum Gasteiger partial charge on any atom is -0.481 e. The first kappa shape index (κ1) is 12.8. The highest BCUT2D eigenvalue weighted by molar-refractivity contribution is 5.80. The molecule has 1 amide bonds. The van der Waals surface area contributed by atoms with Crippen LogP contribution in [0.2, 0.25) is 0 Å². The van der Waals surface area contributed by atoms with Gasteiger partial charge in [0.25, 0.3) is 6.43 Å². The average Bonchev–Trinajstić information content (AvgIpc) is 2.09. The van der Waals surface area contributed by atoms with Gasteiger partial charge in [0, 0.05) is 13.0 Å². The molecule has 0 aromatic heterocycles. The lowest BCUT2D eigenvalue weighted by molar-refractivity contribution is -0.141. The van der Waals surface area contributed by atoms with Gasteiger partial charge >= 0.3 is 5.97 Å². The Morgan fingerprint density at radius 3 is 2.29 bits per heavy atom. The van der Waals surface area contributed by atoms with Gasteiger partial charge in [0.05, 0.1) is 13.0 Å². The molecule has 0 aromatic rings. The van der Waals surface area contributed by atoms with E-state index in [0.717, 1.165) is 4.90 Å². The summed E-state index contributed by atoms with van der Waals surface area (Å²) in [5.74, 6) is -1.65. The van der Waals surface area contributed by atoms with Gasteiger partial charge in [0.2, 0.25) is 5.91 Å². The second-order valence-electron chi connectivity index (χ2n) is 2.72. The predicted octanol–water partition coefficient (Wildman–Crippen LogP) is 0.965. The van der Waals surface area contributed by atoms with E-state index in [4.69, 9.17) is 5.11 Å². The number of carboxylic acids is 1. The molecule has 0 radical (unpaired) electrons. The van der Waals surface area contributed by atoms with E-state index in [2.05, 4.69) is 0 Å². The molecule has 0 rings (SSSR count). The summed E-state index contributed by atoms with van der Waals surface area (Å²) >= 11 is 0. The van der Waals surface area contributed by atoms with E-state index in [0.29, 0.717) is 0 Å². The maximum atomic E-state index is 11.9. The van der Waals surface area contributed by atoms with E-state index in [-0.39, 0.29) is 19.4 Å². The summed E-state index contributed by atoms with van der Waals surface area (Å²) in [5.41, 5.74) is 0. The van der Waals surface area contributed by atoms with Crippen LogP contribution in [0.15, 0.2) is 0 Å². The number of hydrogen-bond acceptors (Lipinski definition) is 2. The van der Waals surface area contributed by atoms with Crippen LogP contribution in [0.5, 0.6) is 0 Å². The summed E-state index contributed by atoms with van der Waals surface area (Å²) in [6, 6.07) is 0. The van der Waals surface area contributed by atoms with E-state index in [1.54, 1.807) is 6.92 Å². The summed E-state index contributed by atoms with van der Waals surface area (Å²) in [5, 5.41) is 8.28.